The van der Waals surface area contributed by atoms with Gasteiger partial charge in [-0.15, -0.1) is 0 Å². The van der Waals surface area contributed by atoms with Crippen molar-refractivity contribution in [3.05, 3.63) is 97.2 Å². The van der Waals surface area contributed by atoms with Crippen LogP contribution in [0.3, 0.4) is 0 Å². The molecule has 0 radical (unpaired) electrons. The molecule has 1 saturated heterocycles. The van der Waals surface area contributed by atoms with Crippen LogP contribution in [0, 0.1) is 5.92 Å². The van der Waals surface area contributed by atoms with Crippen molar-refractivity contribution in [3.8, 4) is 0 Å². The van der Waals surface area contributed by atoms with Gasteiger partial charge in [-0.1, -0.05) is 111 Å². The Labute approximate surface area is 209 Å². The van der Waals surface area contributed by atoms with Gasteiger partial charge in [-0.05, 0) is 64.2 Å². The van der Waals surface area contributed by atoms with Crippen LogP contribution in [0.15, 0.2) is 97.2 Å². The first kappa shape index (κ1) is 29.4. The maximum atomic E-state index is 11.8. The van der Waals surface area contributed by atoms with E-state index in [1.807, 2.05) is 0 Å². The zero-order valence-corrected chi connectivity index (χ0v) is 21.5. The lowest BCUT2D eigenvalue weighted by Gasteiger charge is -2.34. The molecule has 0 spiro atoms. The Morgan fingerprint density at radius 2 is 0.941 bits per heavy atom. The number of hydrogen-bond donors (Lipinski definition) is 0. The fourth-order valence-electron chi connectivity index (χ4n) is 3.50. The van der Waals surface area contributed by atoms with Crippen molar-refractivity contribution in [3.63, 3.8) is 0 Å². The van der Waals surface area contributed by atoms with E-state index in [1.165, 1.54) is 0 Å². The van der Waals surface area contributed by atoms with E-state index in [0.717, 1.165) is 70.6 Å². The first-order valence-electron chi connectivity index (χ1n) is 13.2. The summed E-state index contributed by atoms with van der Waals surface area (Å²) in [4.78, 5) is 11.8. The maximum absolute atomic E-state index is 11.8. The molecule has 186 valence electrons. The van der Waals surface area contributed by atoms with Gasteiger partial charge in [-0.3, -0.25) is 4.79 Å². The molecule has 1 aliphatic heterocycles. The van der Waals surface area contributed by atoms with Gasteiger partial charge in [0.05, 0.1) is 5.92 Å². The second-order valence-electron chi connectivity index (χ2n) is 8.40. The SMILES string of the molecule is CC/C=C\C/C=C\C/C=C\C/C=C\CC[C@@H]1C(=O)O[C@@H]1C/C=C\C/C=C\C/C=C\C/C=C\CC. The summed E-state index contributed by atoms with van der Waals surface area (Å²) in [5.41, 5.74) is 0. The Balaban J connectivity index is 2.09. The van der Waals surface area contributed by atoms with Crippen molar-refractivity contribution in [1.29, 1.82) is 0 Å². The quantitative estimate of drug-likeness (QED) is 0.141. The fourth-order valence-corrected chi connectivity index (χ4v) is 3.50. The van der Waals surface area contributed by atoms with Crippen LogP contribution in [-0.4, -0.2) is 12.1 Å². The molecule has 0 aromatic carbocycles. The third-order valence-corrected chi connectivity index (χ3v) is 5.47. The van der Waals surface area contributed by atoms with Crippen molar-refractivity contribution in [2.24, 2.45) is 5.92 Å². The summed E-state index contributed by atoms with van der Waals surface area (Å²) in [6, 6.07) is 0. The molecule has 2 atom stereocenters. The van der Waals surface area contributed by atoms with Crippen molar-refractivity contribution in [1.82, 2.24) is 0 Å². The Bertz CT molecular complexity index is 743. The predicted octanol–water partition coefficient (Wildman–Crippen LogP) is 9.31. The summed E-state index contributed by atoms with van der Waals surface area (Å²) in [5.74, 6) is 0.0203. The van der Waals surface area contributed by atoms with Crippen molar-refractivity contribution in [2.45, 2.75) is 90.6 Å². The van der Waals surface area contributed by atoms with Crippen LogP contribution >= 0.6 is 0 Å². The smallest absolute Gasteiger partial charge is 0.313 e. The summed E-state index contributed by atoms with van der Waals surface area (Å²) in [7, 11) is 0. The van der Waals surface area contributed by atoms with Gasteiger partial charge in [0.25, 0.3) is 0 Å². The molecule has 0 bridgehead atoms. The van der Waals surface area contributed by atoms with Crippen molar-refractivity contribution in [2.75, 3.05) is 0 Å². The van der Waals surface area contributed by atoms with Gasteiger partial charge in [-0.2, -0.15) is 0 Å². The lowest BCUT2D eigenvalue weighted by atomic mass is 9.89. The molecular formula is C32H46O2. The highest BCUT2D eigenvalue weighted by atomic mass is 16.6. The number of hydrogen-bond acceptors (Lipinski definition) is 2. The number of esters is 1. The van der Waals surface area contributed by atoms with Crippen LogP contribution < -0.4 is 0 Å². The Kier molecular flexibility index (Phi) is 19.2. The summed E-state index contributed by atoms with van der Waals surface area (Å²) in [5, 5.41) is 0. The highest BCUT2D eigenvalue weighted by molar-refractivity contribution is 5.78. The van der Waals surface area contributed by atoms with Gasteiger partial charge in [0.1, 0.15) is 6.10 Å². The average molecular weight is 463 g/mol. The lowest BCUT2D eigenvalue weighted by Crippen LogP contribution is -2.44. The Morgan fingerprint density at radius 1 is 0.559 bits per heavy atom. The summed E-state index contributed by atoms with van der Waals surface area (Å²) in [6.07, 6.45) is 45.9. The molecule has 0 unspecified atom stereocenters. The summed E-state index contributed by atoms with van der Waals surface area (Å²) >= 11 is 0. The molecular weight excluding hydrogens is 416 g/mol. The normalized spacial score (nSPS) is 19.5. The molecule has 0 N–H and O–H groups in total. The van der Waals surface area contributed by atoms with E-state index in [2.05, 4.69) is 111 Å². The third kappa shape index (κ3) is 16.1. The minimum Gasteiger partial charge on any atom is -0.461 e. The summed E-state index contributed by atoms with van der Waals surface area (Å²) in [6.45, 7) is 4.30. The van der Waals surface area contributed by atoms with Crippen LogP contribution in [0.2, 0.25) is 0 Å². The largest absolute Gasteiger partial charge is 0.461 e. The molecule has 0 aliphatic carbocycles. The van der Waals surface area contributed by atoms with E-state index in [1.54, 1.807) is 0 Å². The number of allylic oxidation sites excluding steroid dienone is 15. The number of rotatable bonds is 19. The minimum atomic E-state index is -0.0345. The topological polar surface area (TPSA) is 26.3 Å². The molecule has 0 aromatic heterocycles. The molecule has 0 saturated carbocycles. The van der Waals surface area contributed by atoms with Crippen LogP contribution in [-0.2, 0) is 9.53 Å². The summed E-state index contributed by atoms with van der Waals surface area (Å²) < 4.78 is 5.35. The number of ether oxygens (including phenoxy) is 1. The minimum absolute atomic E-state index is 0.0345. The van der Waals surface area contributed by atoms with Gasteiger partial charge in [0.15, 0.2) is 0 Å². The lowest BCUT2D eigenvalue weighted by molar-refractivity contribution is -0.184. The van der Waals surface area contributed by atoms with Crippen LogP contribution in [0.4, 0.5) is 0 Å². The predicted molar refractivity (Wildman–Crippen MR) is 149 cm³/mol. The van der Waals surface area contributed by atoms with Crippen molar-refractivity contribution < 1.29 is 9.53 Å². The van der Waals surface area contributed by atoms with E-state index < -0.39 is 0 Å². The first-order chi connectivity index (χ1) is 16.8. The number of carbonyl (C=O) groups excluding carboxylic acids is 1. The molecule has 1 fully saturated rings. The molecule has 34 heavy (non-hydrogen) atoms. The molecule has 2 nitrogen and oxygen atoms in total. The van der Waals surface area contributed by atoms with Gasteiger partial charge >= 0.3 is 5.97 Å². The first-order valence-corrected chi connectivity index (χ1v) is 13.2. The van der Waals surface area contributed by atoms with Gasteiger partial charge in [-0.25, -0.2) is 0 Å². The molecule has 1 rings (SSSR count). The molecule has 1 aliphatic rings. The highest BCUT2D eigenvalue weighted by Crippen LogP contribution is 2.29. The average Bonchev–Trinajstić information content (AvgIpc) is 2.84. The standard InChI is InChI=1S/C32H46O2/c1-3-5-7-9-11-13-15-17-18-20-22-24-26-28-30-31(34-32(30)33)29-27-25-23-21-19-16-14-12-10-8-6-4-2/h5-8,11-14,17-19,21-22,24-25,27,30-31H,3-4,9-10,15-16,20,23,26,28-29H2,1-2H3/b7-5-,8-6-,13-11-,14-12-,18-17-,21-19-,24-22-,27-25-/t30-,31+/m0/s1. The van der Waals surface area contributed by atoms with Gasteiger partial charge < -0.3 is 4.74 Å². The Hall–Kier alpha value is -2.61. The van der Waals surface area contributed by atoms with E-state index in [4.69, 9.17) is 4.74 Å². The van der Waals surface area contributed by atoms with E-state index in [-0.39, 0.29) is 18.0 Å². The number of carbonyl (C=O) groups is 1. The van der Waals surface area contributed by atoms with Gasteiger partial charge in [0.2, 0.25) is 0 Å². The fraction of sp³-hybridized carbons (Fsp3) is 0.469. The van der Waals surface area contributed by atoms with E-state index in [0.29, 0.717) is 0 Å². The highest BCUT2D eigenvalue weighted by Gasteiger charge is 2.40. The van der Waals surface area contributed by atoms with E-state index >= 15 is 0 Å². The zero-order chi connectivity index (χ0) is 24.5. The zero-order valence-electron chi connectivity index (χ0n) is 21.5. The van der Waals surface area contributed by atoms with Gasteiger partial charge in [0, 0.05) is 6.42 Å². The molecule has 2 heteroatoms. The van der Waals surface area contributed by atoms with Crippen molar-refractivity contribution >= 4 is 5.97 Å². The third-order valence-electron chi connectivity index (χ3n) is 5.47. The Morgan fingerprint density at radius 3 is 1.35 bits per heavy atom. The maximum Gasteiger partial charge on any atom is 0.313 e. The van der Waals surface area contributed by atoms with Crippen LogP contribution in [0.1, 0.15) is 84.5 Å². The van der Waals surface area contributed by atoms with Crippen LogP contribution in [0.5, 0.6) is 0 Å². The second-order valence-corrected chi connectivity index (χ2v) is 8.40. The number of cyclic esters (lactones) is 1. The molecule has 0 aromatic rings. The second kappa shape index (κ2) is 22.2. The molecule has 1 heterocycles. The molecule has 0 amide bonds. The van der Waals surface area contributed by atoms with E-state index in [9.17, 15) is 4.79 Å². The van der Waals surface area contributed by atoms with Crippen LogP contribution in [0.25, 0.3) is 0 Å². The monoisotopic (exact) mass is 462 g/mol.